The number of rotatable bonds is 2. The molecule has 1 amide bonds. The number of aromatic nitrogens is 2. The predicted octanol–water partition coefficient (Wildman–Crippen LogP) is 3.42. The average molecular weight is 305 g/mol. The molecule has 0 bridgehead atoms. The number of carbonyl (C=O) groups is 1. The molecule has 0 aliphatic carbocycles. The summed E-state index contributed by atoms with van der Waals surface area (Å²) in [6, 6.07) is 13.9. The molecular weight excluding hydrogens is 286 g/mol. The minimum absolute atomic E-state index is 0.112. The number of hydrogen-bond donors (Lipinski definition) is 1. The van der Waals surface area contributed by atoms with Crippen molar-refractivity contribution in [1.29, 1.82) is 0 Å². The third-order valence-corrected chi connectivity index (χ3v) is 4.72. The number of amides is 1. The van der Waals surface area contributed by atoms with Crippen LogP contribution in [0.3, 0.4) is 0 Å². The van der Waals surface area contributed by atoms with E-state index in [1.54, 1.807) is 0 Å². The summed E-state index contributed by atoms with van der Waals surface area (Å²) < 4.78 is 0. The van der Waals surface area contributed by atoms with Gasteiger partial charge in [0.1, 0.15) is 5.82 Å². The lowest BCUT2D eigenvalue weighted by Gasteiger charge is -2.38. The summed E-state index contributed by atoms with van der Waals surface area (Å²) in [7, 11) is 0. The highest BCUT2D eigenvalue weighted by Gasteiger charge is 2.34. The Bertz CT molecular complexity index is 858. The summed E-state index contributed by atoms with van der Waals surface area (Å²) in [5, 5.41) is 0. The standard InChI is InChI=1S/C19H19N3O/c1-12-7-8-14(9-13(12)2)19(23)22-10-15(11-22)18-20-16-5-3-4-6-17(16)21-18/h3-9,15H,10-11H2,1-2H3,(H,20,21). The van der Waals surface area contributed by atoms with E-state index in [9.17, 15) is 4.79 Å². The highest BCUT2D eigenvalue weighted by Crippen LogP contribution is 2.28. The number of aryl methyl sites for hydroxylation is 2. The molecule has 0 spiro atoms. The van der Waals surface area contributed by atoms with Gasteiger partial charge >= 0.3 is 0 Å². The van der Waals surface area contributed by atoms with Crippen LogP contribution in [0.2, 0.25) is 0 Å². The van der Waals surface area contributed by atoms with Gasteiger partial charge in [0.2, 0.25) is 0 Å². The van der Waals surface area contributed by atoms with Crippen LogP contribution in [-0.4, -0.2) is 33.9 Å². The topological polar surface area (TPSA) is 49.0 Å². The lowest BCUT2D eigenvalue weighted by molar-refractivity contribution is 0.0595. The molecule has 0 radical (unpaired) electrons. The third kappa shape index (κ3) is 2.40. The summed E-state index contributed by atoms with van der Waals surface area (Å²) in [4.78, 5) is 22.4. The molecule has 1 aromatic heterocycles. The molecule has 116 valence electrons. The number of para-hydroxylation sites is 2. The number of likely N-dealkylation sites (tertiary alicyclic amines) is 1. The number of imidazole rings is 1. The van der Waals surface area contributed by atoms with E-state index in [-0.39, 0.29) is 5.91 Å². The van der Waals surface area contributed by atoms with Crippen LogP contribution < -0.4 is 0 Å². The van der Waals surface area contributed by atoms with E-state index in [4.69, 9.17) is 0 Å². The molecule has 0 saturated carbocycles. The first-order chi connectivity index (χ1) is 11.1. The molecule has 4 rings (SSSR count). The number of hydrogen-bond acceptors (Lipinski definition) is 2. The molecule has 3 aromatic rings. The van der Waals surface area contributed by atoms with E-state index < -0.39 is 0 Å². The van der Waals surface area contributed by atoms with Gasteiger partial charge in [-0.15, -0.1) is 0 Å². The first-order valence-corrected chi connectivity index (χ1v) is 7.93. The zero-order chi connectivity index (χ0) is 16.0. The highest BCUT2D eigenvalue weighted by atomic mass is 16.2. The van der Waals surface area contributed by atoms with Gasteiger partial charge in [0.25, 0.3) is 5.91 Å². The van der Waals surface area contributed by atoms with Crippen molar-refractivity contribution in [2.75, 3.05) is 13.1 Å². The maximum atomic E-state index is 12.5. The van der Waals surface area contributed by atoms with Crippen LogP contribution in [0, 0.1) is 13.8 Å². The summed E-state index contributed by atoms with van der Waals surface area (Å²) >= 11 is 0. The SMILES string of the molecule is Cc1ccc(C(=O)N2CC(c3nc4ccccc4[nH]3)C2)cc1C. The van der Waals surface area contributed by atoms with E-state index in [1.807, 2.05) is 54.3 Å². The Morgan fingerprint density at radius 2 is 1.91 bits per heavy atom. The van der Waals surface area contributed by atoms with Gasteiger partial charge in [-0.1, -0.05) is 18.2 Å². The van der Waals surface area contributed by atoms with Crippen molar-refractivity contribution in [3.63, 3.8) is 0 Å². The fourth-order valence-electron chi connectivity index (χ4n) is 3.04. The molecule has 4 heteroatoms. The van der Waals surface area contributed by atoms with Crippen LogP contribution in [0.15, 0.2) is 42.5 Å². The van der Waals surface area contributed by atoms with E-state index in [0.29, 0.717) is 5.92 Å². The van der Waals surface area contributed by atoms with Gasteiger partial charge in [0.05, 0.1) is 17.0 Å². The van der Waals surface area contributed by atoms with Crippen LogP contribution in [0.1, 0.15) is 33.2 Å². The van der Waals surface area contributed by atoms with Gasteiger partial charge in [-0.3, -0.25) is 4.79 Å². The van der Waals surface area contributed by atoms with Crippen molar-refractivity contribution < 1.29 is 4.79 Å². The van der Waals surface area contributed by atoms with Gasteiger partial charge in [0.15, 0.2) is 0 Å². The van der Waals surface area contributed by atoms with Crippen molar-refractivity contribution in [2.24, 2.45) is 0 Å². The van der Waals surface area contributed by atoms with Gasteiger partial charge < -0.3 is 9.88 Å². The number of aromatic amines is 1. The van der Waals surface area contributed by atoms with Crippen LogP contribution in [0.5, 0.6) is 0 Å². The first-order valence-electron chi connectivity index (χ1n) is 7.93. The van der Waals surface area contributed by atoms with Crippen molar-refractivity contribution in [3.05, 3.63) is 65.0 Å². The minimum Gasteiger partial charge on any atom is -0.342 e. The normalized spacial score (nSPS) is 15.0. The molecular formula is C19H19N3O. The second kappa shape index (κ2) is 5.23. The van der Waals surface area contributed by atoms with Crippen LogP contribution in [0.4, 0.5) is 0 Å². The molecule has 2 aromatic carbocycles. The Kier molecular flexibility index (Phi) is 3.18. The molecule has 23 heavy (non-hydrogen) atoms. The summed E-state index contributed by atoms with van der Waals surface area (Å²) in [6.07, 6.45) is 0. The van der Waals surface area contributed by atoms with Crippen molar-refractivity contribution in [1.82, 2.24) is 14.9 Å². The van der Waals surface area contributed by atoms with Crippen molar-refractivity contribution in [3.8, 4) is 0 Å². The van der Waals surface area contributed by atoms with Crippen LogP contribution in [0.25, 0.3) is 11.0 Å². The van der Waals surface area contributed by atoms with Crippen LogP contribution >= 0.6 is 0 Å². The van der Waals surface area contributed by atoms with E-state index in [2.05, 4.69) is 16.9 Å². The number of benzene rings is 2. The molecule has 1 N–H and O–H groups in total. The van der Waals surface area contributed by atoms with Gasteiger partial charge in [0, 0.05) is 18.7 Å². The first kappa shape index (κ1) is 14.0. The largest absolute Gasteiger partial charge is 0.342 e. The predicted molar refractivity (Wildman–Crippen MR) is 90.7 cm³/mol. The second-order valence-electron chi connectivity index (χ2n) is 6.35. The molecule has 1 fully saturated rings. The lowest BCUT2D eigenvalue weighted by atomic mass is 9.97. The van der Waals surface area contributed by atoms with Gasteiger partial charge in [-0.2, -0.15) is 0 Å². The maximum absolute atomic E-state index is 12.5. The van der Waals surface area contributed by atoms with E-state index in [1.165, 1.54) is 5.56 Å². The molecule has 0 unspecified atom stereocenters. The Labute approximate surface area is 135 Å². The smallest absolute Gasteiger partial charge is 0.253 e. The van der Waals surface area contributed by atoms with Crippen molar-refractivity contribution in [2.45, 2.75) is 19.8 Å². The Hall–Kier alpha value is -2.62. The maximum Gasteiger partial charge on any atom is 0.253 e. The zero-order valence-corrected chi connectivity index (χ0v) is 13.3. The summed E-state index contributed by atoms with van der Waals surface area (Å²) in [6.45, 7) is 5.56. The third-order valence-electron chi connectivity index (χ3n) is 4.72. The zero-order valence-electron chi connectivity index (χ0n) is 13.3. The number of carbonyl (C=O) groups excluding carboxylic acids is 1. The molecule has 2 heterocycles. The van der Waals surface area contributed by atoms with Gasteiger partial charge in [-0.05, 0) is 49.2 Å². The van der Waals surface area contributed by atoms with E-state index in [0.717, 1.165) is 41.1 Å². The molecule has 1 saturated heterocycles. The fourth-order valence-corrected chi connectivity index (χ4v) is 3.04. The summed E-state index contributed by atoms with van der Waals surface area (Å²) in [5.74, 6) is 1.40. The highest BCUT2D eigenvalue weighted by molar-refractivity contribution is 5.95. The molecule has 1 aliphatic heterocycles. The minimum atomic E-state index is 0.112. The van der Waals surface area contributed by atoms with Gasteiger partial charge in [-0.25, -0.2) is 4.98 Å². The lowest BCUT2D eigenvalue weighted by Crippen LogP contribution is -2.48. The van der Waals surface area contributed by atoms with Crippen molar-refractivity contribution >= 4 is 16.9 Å². The number of fused-ring (bicyclic) bond motifs is 1. The fraction of sp³-hybridized carbons (Fsp3) is 0.263. The number of nitrogens with one attached hydrogen (secondary N) is 1. The molecule has 4 nitrogen and oxygen atoms in total. The number of H-pyrrole nitrogens is 1. The number of nitrogens with zero attached hydrogens (tertiary/aromatic N) is 2. The van der Waals surface area contributed by atoms with Crippen LogP contribution in [-0.2, 0) is 0 Å². The average Bonchev–Trinajstić information content (AvgIpc) is 2.91. The second-order valence-corrected chi connectivity index (χ2v) is 6.35. The Balaban J connectivity index is 1.48. The van der Waals surface area contributed by atoms with E-state index >= 15 is 0 Å². The Morgan fingerprint density at radius 1 is 1.13 bits per heavy atom. The molecule has 1 aliphatic rings. The monoisotopic (exact) mass is 305 g/mol. The molecule has 0 atom stereocenters. The summed E-state index contributed by atoms with van der Waals surface area (Å²) in [5.41, 5.74) is 5.19. The Morgan fingerprint density at radius 3 is 2.65 bits per heavy atom. The quantitative estimate of drug-likeness (QED) is 0.788.